The Labute approximate surface area is 158 Å². The molecule has 10 heteroatoms. The molecule has 0 saturated carbocycles. The molecule has 10 nitrogen and oxygen atoms in total. The highest BCUT2D eigenvalue weighted by Crippen LogP contribution is 2.27. The molecule has 3 heterocycles. The van der Waals surface area contributed by atoms with E-state index >= 15 is 0 Å². The number of benzene rings is 1. The Balaban J connectivity index is 1.49. The van der Waals surface area contributed by atoms with Gasteiger partial charge in [-0.3, -0.25) is 19.6 Å². The predicted octanol–water partition coefficient (Wildman–Crippen LogP) is 2.45. The van der Waals surface area contributed by atoms with Crippen LogP contribution in [0.5, 0.6) is 0 Å². The van der Waals surface area contributed by atoms with Gasteiger partial charge < -0.3 is 15.0 Å². The van der Waals surface area contributed by atoms with Gasteiger partial charge in [0.25, 0.3) is 11.6 Å². The Morgan fingerprint density at radius 1 is 1.29 bits per heavy atom. The fourth-order valence-corrected chi connectivity index (χ4v) is 3.55. The maximum absolute atomic E-state index is 12.9. The summed E-state index contributed by atoms with van der Waals surface area (Å²) in [4.78, 5) is 39.1. The summed E-state index contributed by atoms with van der Waals surface area (Å²) in [6.07, 6.45) is 5.70. The second-order valence-electron chi connectivity index (χ2n) is 6.73. The van der Waals surface area contributed by atoms with E-state index in [1.54, 1.807) is 21.8 Å². The van der Waals surface area contributed by atoms with Gasteiger partial charge in [-0.15, -0.1) is 0 Å². The SMILES string of the molecule is O=C(O)c1cnn(C2CCN(C(=O)c3c[nH]c4ccc([N+](=O)[O-])cc34)CC2)c1. The number of rotatable bonds is 4. The summed E-state index contributed by atoms with van der Waals surface area (Å²) in [5.41, 5.74) is 1.15. The molecule has 2 aromatic heterocycles. The molecule has 1 saturated heterocycles. The van der Waals surface area contributed by atoms with Crippen molar-refractivity contribution in [3.8, 4) is 0 Å². The highest BCUT2D eigenvalue weighted by atomic mass is 16.6. The average Bonchev–Trinajstić information content (AvgIpc) is 3.34. The van der Waals surface area contributed by atoms with Crippen molar-refractivity contribution in [2.45, 2.75) is 18.9 Å². The number of fused-ring (bicyclic) bond motifs is 1. The normalized spacial score (nSPS) is 15.1. The molecule has 0 aliphatic carbocycles. The van der Waals surface area contributed by atoms with Gasteiger partial charge in [0, 0.05) is 48.5 Å². The number of likely N-dealkylation sites (tertiary alicyclic amines) is 1. The van der Waals surface area contributed by atoms with Gasteiger partial charge in [0.15, 0.2) is 0 Å². The van der Waals surface area contributed by atoms with Crippen molar-refractivity contribution in [1.29, 1.82) is 0 Å². The van der Waals surface area contributed by atoms with Gasteiger partial charge in [-0.2, -0.15) is 5.10 Å². The fraction of sp³-hybridized carbons (Fsp3) is 0.278. The van der Waals surface area contributed by atoms with Gasteiger partial charge >= 0.3 is 5.97 Å². The van der Waals surface area contributed by atoms with E-state index in [0.717, 1.165) is 0 Å². The Bertz CT molecular complexity index is 1080. The number of hydrogen-bond donors (Lipinski definition) is 2. The number of nitro groups is 1. The number of carbonyl (C=O) groups is 2. The molecule has 1 fully saturated rings. The van der Waals surface area contributed by atoms with Crippen LogP contribution in [0.1, 0.15) is 39.6 Å². The van der Waals surface area contributed by atoms with E-state index in [1.807, 2.05) is 0 Å². The first kappa shape index (κ1) is 17.7. The number of non-ortho nitro benzene ring substituents is 1. The summed E-state index contributed by atoms with van der Waals surface area (Å²) in [7, 11) is 0. The minimum Gasteiger partial charge on any atom is -0.478 e. The van der Waals surface area contributed by atoms with Crippen LogP contribution < -0.4 is 0 Å². The number of nitrogens with zero attached hydrogens (tertiary/aromatic N) is 4. The quantitative estimate of drug-likeness (QED) is 0.525. The van der Waals surface area contributed by atoms with Crippen LogP contribution in [-0.4, -0.2) is 54.7 Å². The van der Waals surface area contributed by atoms with E-state index in [9.17, 15) is 19.7 Å². The topological polar surface area (TPSA) is 134 Å². The first-order valence-corrected chi connectivity index (χ1v) is 8.76. The molecule has 4 rings (SSSR count). The van der Waals surface area contributed by atoms with Gasteiger partial charge in [-0.05, 0) is 18.9 Å². The summed E-state index contributed by atoms with van der Waals surface area (Å²) in [6.45, 7) is 0.987. The minimum atomic E-state index is -1.02. The lowest BCUT2D eigenvalue weighted by Gasteiger charge is -2.32. The number of aromatic amines is 1. The summed E-state index contributed by atoms with van der Waals surface area (Å²) < 4.78 is 1.64. The molecule has 144 valence electrons. The Morgan fingerprint density at radius 3 is 2.68 bits per heavy atom. The molecule has 1 aliphatic rings. The van der Waals surface area contributed by atoms with Crippen molar-refractivity contribution < 1.29 is 19.6 Å². The van der Waals surface area contributed by atoms with E-state index < -0.39 is 10.9 Å². The van der Waals surface area contributed by atoms with Crippen LogP contribution in [-0.2, 0) is 0 Å². The molecular weight excluding hydrogens is 366 g/mol. The highest BCUT2D eigenvalue weighted by molar-refractivity contribution is 6.07. The molecule has 0 bridgehead atoms. The van der Waals surface area contributed by atoms with Crippen LogP contribution in [0, 0.1) is 10.1 Å². The molecule has 0 spiro atoms. The molecule has 0 unspecified atom stereocenters. The highest BCUT2D eigenvalue weighted by Gasteiger charge is 2.27. The molecule has 0 radical (unpaired) electrons. The largest absolute Gasteiger partial charge is 0.478 e. The smallest absolute Gasteiger partial charge is 0.338 e. The Hall–Kier alpha value is -3.69. The van der Waals surface area contributed by atoms with Gasteiger partial charge in [0.2, 0.25) is 0 Å². The summed E-state index contributed by atoms with van der Waals surface area (Å²) in [6, 6.07) is 4.42. The molecule has 3 aromatic rings. The lowest BCUT2D eigenvalue weighted by atomic mass is 10.0. The number of hydrogen-bond acceptors (Lipinski definition) is 5. The molecule has 2 N–H and O–H groups in total. The summed E-state index contributed by atoms with van der Waals surface area (Å²) >= 11 is 0. The van der Waals surface area contributed by atoms with Gasteiger partial charge in [-0.25, -0.2) is 4.79 Å². The van der Waals surface area contributed by atoms with Gasteiger partial charge in [0.05, 0.1) is 28.3 Å². The lowest BCUT2D eigenvalue weighted by Crippen LogP contribution is -2.39. The molecule has 1 aromatic carbocycles. The van der Waals surface area contributed by atoms with Crippen molar-refractivity contribution in [2.24, 2.45) is 0 Å². The number of aromatic carboxylic acids is 1. The van der Waals surface area contributed by atoms with Crippen LogP contribution in [0.3, 0.4) is 0 Å². The third-order valence-electron chi connectivity index (χ3n) is 5.08. The number of carboxylic acid groups (broad SMARTS) is 1. The van der Waals surface area contributed by atoms with Crippen molar-refractivity contribution in [2.75, 3.05) is 13.1 Å². The standard InChI is InChI=1S/C18H17N5O5/c24-17(15-9-19-16-2-1-13(23(27)28)7-14(15)16)21-5-3-12(4-6-21)22-10-11(8-20-22)18(25)26/h1-2,7-10,12,19H,3-6H2,(H,25,26). The zero-order valence-electron chi connectivity index (χ0n) is 14.7. The minimum absolute atomic E-state index is 0.0289. The second-order valence-corrected chi connectivity index (χ2v) is 6.73. The molecule has 0 atom stereocenters. The number of carboxylic acids is 1. The van der Waals surface area contributed by atoms with E-state index in [2.05, 4.69) is 10.1 Å². The number of piperidine rings is 1. The third-order valence-corrected chi connectivity index (χ3v) is 5.08. The monoisotopic (exact) mass is 383 g/mol. The van der Waals surface area contributed by atoms with Crippen LogP contribution in [0.25, 0.3) is 10.9 Å². The van der Waals surface area contributed by atoms with E-state index in [4.69, 9.17) is 5.11 Å². The lowest BCUT2D eigenvalue weighted by molar-refractivity contribution is -0.384. The van der Waals surface area contributed by atoms with Crippen LogP contribution in [0.2, 0.25) is 0 Å². The molecule has 1 amide bonds. The second kappa shape index (κ2) is 6.80. The number of aromatic nitrogens is 3. The third kappa shape index (κ3) is 3.08. The Kier molecular flexibility index (Phi) is 4.30. The van der Waals surface area contributed by atoms with Crippen LogP contribution in [0.4, 0.5) is 5.69 Å². The molecule has 28 heavy (non-hydrogen) atoms. The number of amides is 1. The maximum atomic E-state index is 12.9. The molecule has 1 aliphatic heterocycles. The van der Waals surface area contributed by atoms with Crippen LogP contribution in [0.15, 0.2) is 36.8 Å². The number of nitrogens with one attached hydrogen (secondary N) is 1. The van der Waals surface area contributed by atoms with Crippen molar-refractivity contribution in [3.63, 3.8) is 0 Å². The van der Waals surface area contributed by atoms with Crippen molar-refractivity contribution in [1.82, 2.24) is 19.7 Å². The van der Waals surface area contributed by atoms with Gasteiger partial charge in [0.1, 0.15) is 0 Å². The van der Waals surface area contributed by atoms with Crippen LogP contribution >= 0.6 is 0 Å². The van der Waals surface area contributed by atoms with E-state index in [0.29, 0.717) is 42.4 Å². The zero-order valence-corrected chi connectivity index (χ0v) is 14.7. The van der Waals surface area contributed by atoms with Crippen molar-refractivity contribution in [3.05, 3.63) is 58.0 Å². The maximum Gasteiger partial charge on any atom is 0.338 e. The Morgan fingerprint density at radius 2 is 2.04 bits per heavy atom. The van der Waals surface area contributed by atoms with E-state index in [-0.39, 0.29) is 23.2 Å². The number of carbonyl (C=O) groups excluding carboxylic acids is 1. The summed E-state index contributed by atoms with van der Waals surface area (Å²) in [5, 5.41) is 24.7. The van der Waals surface area contributed by atoms with Gasteiger partial charge in [-0.1, -0.05) is 0 Å². The first-order valence-electron chi connectivity index (χ1n) is 8.76. The molecular formula is C18H17N5O5. The predicted molar refractivity (Wildman–Crippen MR) is 98.3 cm³/mol. The summed E-state index contributed by atoms with van der Waals surface area (Å²) in [5.74, 6) is -1.20. The van der Waals surface area contributed by atoms with E-state index in [1.165, 1.54) is 24.5 Å². The zero-order chi connectivity index (χ0) is 19.8. The fourth-order valence-electron chi connectivity index (χ4n) is 3.55. The number of nitro benzene ring substituents is 1. The number of H-pyrrole nitrogens is 1. The average molecular weight is 383 g/mol. The first-order chi connectivity index (χ1) is 13.4. The van der Waals surface area contributed by atoms with Crippen molar-refractivity contribution >= 4 is 28.5 Å².